The number of nitrogens with two attached hydrogens (primary N) is 1. The molecule has 1 saturated heterocycles. The average Bonchev–Trinajstić information content (AvgIpc) is 2.82. The first-order valence-electron chi connectivity index (χ1n) is 6.59. The maximum absolute atomic E-state index is 5.71. The summed E-state index contributed by atoms with van der Waals surface area (Å²) in [6.07, 6.45) is 7.86. The number of fused-ring (bicyclic) bond motifs is 1. The molecule has 0 bridgehead atoms. The van der Waals surface area contributed by atoms with E-state index in [2.05, 4.69) is 39.5 Å². The van der Waals surface area contributed by atoms with Crippen LogP contribution in [-0.2, 0) is 13.0 Å². The Kier molecular flexibility index (Phi) is 3.57. The molecule has 2 aromatic heterocycles. The van der Waals surface area contributed by atoms with Crippen molar-refractivity contribution in [2.24, 2.45) is 11.7 Å². The Bertz CT molecular complexity index is 529. The van der Waals surface area contributed by atoms with E-state index < -0.39 is 0 Å². The third-order valence-electron chi connectivity index (χ3n) is 3.71. The van der Waals surface area contributed by atoms with Crippen LogP contribution in [0.2, 0.25) is 0 Å². The second-order valence-electron chi connectivity index (χ2n) is 4.97. The Labute approximate surface area is 112 Å². The van der Waals surface area contributed by atoms with Crippen LogP contribution in [0.15, 0.2) is 24.5 Å². The van der Waals surface area contributed by atoms with Gasteiger partial charge in [-0.15, -0.1) is 0 Å². The summed E-state index contributed by atoms with van der Waals surface area (Å²) in [4.78, 5) is 4.58. The van der Waals surface area contributed by atoms with Crippen LogP contribution >= 0.6 is 11.8 Å². The highest BCUT2D eigenvalue weighted by atomic mass is 32.2. The van der Waals surface area contributed by atoms with Crippen molar-refractivity contribution in [1.29, 1.82) is 0 Å². The second kappa shape index (κ2) is 5.33. The molecule has 96 valence electrons. The van der Waals surface area contributed by atoms with Gasteiger partial charge >= 0.3 is 0 Å². The van der Waals surface area contributed by atoms with Gasteiger partial charge in [0.15, 0.2) is 0 Å². The Morgan fingerprint density at radius 3 is 2.94 bits per heavy atom. The van der Waals surface area contributed by atoms with E-state index in [-0.39, 0.29) is 0 Å². The molecular formula is C14H19N3S. The monoisotopic (exact) mass is 261 g/mol. The first-order chi connectivity index (χ1) is 8.86. The second-order valence-corrected chi connectivity index (χ2v) is 6.20. The molecule has 2 N–H and O–H groups in total. The summed E-state index contributed by atoms with van der Waals surface area (Å²) in [5, 5.41) is 0. The SMILES string of the molecule is NCc1ccc2cnc(CC3CCSCC3)n2c1. The number of nitrogens with zero attached hydrogens (tertiary/aromatic N) is 2. The van der Waals surface area contributed by atoms with Crippen LogP contribution in [0.5, 0.6) is 0 Å². The summed E-state index contributed by atoms with van der Waals surface area (Å²) in [5.41, 5.74) is 8.05. The molecule has 1 aliphatic rings. The quantitative estimate of drug-likeness (QED) is 0.923. The zero-order valence-electron chi connectivity index (χ0n) is 10.5. The summed E-state index contributed by atoms with van der Waals surface area (Å²) >= 11 is 2.08. The molecule has 2 aromatic rings. The van der Waals surface area contributed by atoms with Crippen LogP contribution in [0.1, 0.15) is 24.2 Å². The van der Waals surface area contributed by atoms with E-state index in [9.17, 15) is 0 Å². The number of rotatable bonds is 3. The van der Waals surface area contributed by atoms with E-state index in [0.29, 0.717) is 6.54 Å². The molecule has 1 fully saturated rings. The van der Waals surface area contributed by atoms with E-state index in [1.807, 2.05) is 6.20 Å². The van der Waals surface area contributed by atoms with Crippen molar-refractivity contribution in [3.05, 3.63) is 35.9 Å². The maximum Gasteiger partial charge on any atom is 0.113 e. The lowest BCUT2D eigenvalue weighted by atomic mass is 9.98. The number of imidazole rings is 1. The van der Waals surface area contributed by atoms with Gasteiger partial charge in [0.25, 0.3) is 0 Å². The van der Waals surface area contributed by atoms with Crippen LogP contribution in [-0.4, -0.2) is 20.9 Å². The largest absolute Gasteiger partial charge is 0.326 e. The van der Waals surface area contributed by atoms with E-state index in [1.165, 1.54) is 41.3 Å². The highest BCUT2D eigenvalue weighted by molar-refractivity contribution is 7.99. The minimum atomic E-state index is 0.591. The van der Waals surface area contributed by atoms with Gasteiger partial charge in [0.1, 0.15) is 5.82 Å². The highest BCUT2D eigenvalue weighted by Crippen LogP contribution is 2.25. The first-order valence-corrected chi connectivity index (χ1v) is 7.75. The van der Waals surface area contributed by atoms with Gasteiger partial charge in [0.05, 0.1) is 11.7 Å². The van der Waals surface area contributed by atoms with Gasteiger partial charge in [-0.3, -0.25) is 0 Å². The van der Waals surface area contributed by atoms with Crippen molar-refractivity contribution in [3.8, 4) is 0 Å². The summed E-state index contributed by atoms with van der Waals surface area (Å²) in [6.45, 7) is 0.591. The summed E-state index contributed by atoms with van der Waals surface area (Å²) in [5.74, 6) is 4.61. The lowest BCUT2D eigenvalue weighted by molar-refractivity contribution is 0.475. The molecule has 0 radical (unpaired) electrons. The molecular weight excluding hydrogens is 242 g/mol. The van der Waals surface area contributed by atoms with Crippen molar-refractivity contribution >= 4 is 17.3 Å². The van der Waals surface area contributed by atoms with Crippen molar-refractivity contribution in [2.45, 2.75) is 25.8 Å². The fourth-order valence-corrected chi connectivity index (χ4v) is 3.77. The van der Waals surface area contributed by atoms with E-state index in [4.69, 9.17) is 5.73 Å². The molecule has 18 heavy (non-hydrogen) atoms. The molecule has 4 heteroatoms. The van der Waals surface area contributed by atoms with Crippen molar-refractivity contribution < 1.29 is 0 Å². The zero-order chi connectivity index (χ0) is 12.4. The van der Waals surface area contributed by atoms with Gasteiger partial charge in [-0.25, -0.2) is 4.98 Å². The van der Waals surface area contributed by atoms with Crippen molar-refractivity contribution in [3.63, 3.8) is 0 Å². The molecule has 0 spiro atoms. The minimum Gasteiger partial charge on any atom is -0.326 e. The Hall–Kier alpha value is -1.00. The van der Waals surface area contributed by atoms with Crippen LogP contribution in [0.3, 0.4) is 0 Å². The summed E-state index contributed by atoms with van der Waals surface area (Å²) < 4.78 is 2.21. The van der Waals surface area contributed by atoms with Crippen LogP contribution in [0.4, 0.5) is 0 Å². The van der Waals surface area contributed by atoms with Gasteiger partial charge in [-0.1, -0.05) is 6.07 Å². The molecule has 0 amide bonds. The lowest BCUT2D eigenvalue weighted by Crippen LogP contribution is -2.14. The van der Waals surface area contributed by atoms with Gasteiger partial charge in [-0.05, 0) is 41.9 Å². The van der Waals surface area contributed by atoms with Gasteiger partial charge in [0, 0.05) is 19.2 Å². The number of aromatic nitrogens is 2. The van der Waals surface area contributed by atoms with Crippen LogP contribution < -0.4 is 5.73 Å². The average molecular weight is 261 g/mol. The molecule has 0 atom stereocenters. The number of thioether (sulfide) groups is 1. The molecule has 1 aliphatic heterocycles. The molecule has 0 saturated carbocycles. The van der Waals surface area contributed by atoms with Crippen molar-refractivity contribution in [1.82, 2.24) is 9.38 Å². The Morgan fingerprint density at radius 2 is 2.17 bits per heavy atom. The fraction of sp³-hybridized carbons (Fsp3) is 0.500. The first kappa shape index (κ1) is 12.1. The van der Waals surface area contributed by atoms with Crippen LogP contribution in [0, 0.1) is 5.92 Å². The Morgan fingerprint density at radius 1 is 1.33 bits per heavy atom. The molecule has 0 aliphatic carbocycles. The van der Waals surface area contributed by atoms with Crippen LogP contribution in [0.25, 0.3) is 5.52 Å². The van der Waals surface area contributed by atoms with Gasteiger partial charge in [-0.2, -0.15) is 11.8 Å². The Balaban J connectivity index is 1.86. The van der Waals surface area contributed by atoms with Gasteiger partial charge in [0.2, 0.25) is 0 Å². The minimum absolute atomic E-state index is 0.591. The lowest BCUT2D eigenvalue weighted by Gasteiger charge is -2.20. The number of pyridine rings is 1. The fourth-order valence-electron chi connectivity index (χ4n) is 2.57. The predicted molar refractivity (Wildman–Crippen MR) is 76.8 cm³/mol. The topological polar surface area (TPSA) is 43.3 Å². The standard InChI is InChI=1S/C14H19N3S/c15-8-12-1-2-13-9-16-14(17(13)10-12)7-11-3-5-18-6-4-11/h1-2,9-11H,3-8,15H2. The van der Waals surface area contributed by atoms with E-state index in [0.717, 1.165) is 12.3 Å². The molecule has 3 rings (SSSR count). The molecule has 0 unspecified atom stereocenters. The maximum atomic E-state index is 5.71. The molecule has 0 aromatic carbocycles. The van der Waals surface area contributed by atoms with E-state index >= 15 is 0 Å². The highest BCUT2D eigenvalue weighted by Gasteiger charge is 2.16. The number of hydrogen-bond acceptors (Lipinski definition) is 3. The third-order valence-corrected chi connectivity index (χ3v) is 4.76. The third kappa shape index (κ3) is 2.40. The normalized spacial score (nSPS) is 17.4. The smallest absolute Gasteiger partial charge is 0.113 e. The van der Waals surface area contributed by atoms with E-state index in [1.54, 1.807) is 0 Å². The zero-order valence-corrected chi connectivity index (χ0v) is 11.3. The predicted octanol–water partition coefficient (Wildman–Crippen LogP) is 2.48. The summed E-state index contributed by atoms with van der Waals surface area (Å²) in [6, 6.07) is 4.19. The molecule has 3 nitrogen and oxygen atoms in total. The van der Waals surface area contributed by atoms with Crippen molar-refractivity contribution in [2.75, 3.05) is 11.5 Å². The number of hydrogen-bond donors (Lipinski definition) is 1. The molecule has 3 heterocycles. The van der Waals surface area contributed by atoms with Gasteiger partial charge < -0.3 is 10.1 Å². The summed E-state index contributed by atoms with van der Waals surface area (Å²) in [7, 11) is 0.